The molecule has 224 valence electrons. The summed E-state index contributed by atoms with van der Waals surface area (Å²) in [6.45, 7) is 4.82. The van der Waals surface area contributed by atoms with Crippen molar-refractivity contribution in [1.82, 2.24) is 29.6 Å². The van der Waals surface area contributed by atoms with E-state index in [0.717, 1.165) is 42.5 Å². The number of imidazole rings is 1. The van der Waals surface area contributed by atoms with Crippen LogP contribution in [-0.4, -0.2) is 87.5 Å². The molecule has 1 aromatic heterocycles. The van der Waals surface area contributed by atoms with Crippen molar-refractivity contribution >= 4 is 28.7 Å². The van der Waals surface area contributed by atoms with E-state index in [4.69, 9.17) is 5.73 Å². The van der Waals surface area contributed by atoms with E-state index in [0.29, 0.717) is 44.1 Å². The maximum atomic E-state index is 13.9. The number of carbonyl (C=O) groups excluding carboxylic acids is 2. The number of rotatable bonds is 6. The van der Waals surface area contributed by atoms with Crippen LogP contribution in [-0.2, 0) is 11.2 Å². The highest BCUT2D eigenvalue weighted by Gasteiger charge is 2.33. The fourth-order valence-electron chi connectivity index (χ4n) is 7.05. The van der Waals surface area contributed by atoms with Crippen LogP contribution in [0.5, 0.6) is 0 Å². The molecule has 42 heavy (non-hydrogen) atoms. The SMILES string of the molecule is Nc1ccc(C[C@@H](NC(=O)N2CCC(n3c(=O)[nH]c4ccccc43)CC2)C(=O)N2CCC(N3CCCCC3)CC2)cc1. The lowest BCUT2D eigenvalue weighted by Crippen LogP contribution is -2.56. The molecule has 2 aromatic carbocycles. The Bertz CT molecular complexity index is 1430. The number of aromatic nitrogens is 2. The van der Waals surface area contributed by atoms with Crippen molar-refractivity contribution in [2.24, 2.45) is 0 Å². The molecule has 4 heterocycles. The van der Waals surface area contributed by atoms with E-state index in [-0.39, 0.29) is 23.7 Å². The lowest BCUT2D eigenvalue weighted by atomic mass is 9.98. The first-order valence-electron chi connectivity index (χ1n) is 15.6. The molecule has 0 bridgehead atoms. The highest BCUT2D eigenvalue weighted by molar-refractivity contribution is 5.87. The van der Waals surface area contributed by atoms with Crippen LogP contribution < -0.4 is 16.7 Å². The summed E-state index contributed by atoms with van der Waals surface area (Å²) in [5.74, 6) is -0.0162. The van der Waals surface area contributed by atoms with Gasteiger partial charge in [0.15, 0.2) is 0 Å². The molecule has 3 aromatic rings. The second kappa shape index (κ2) is 12.6. The Balaban J connectivity index is 1.10. The Morgan fingerprint density at radius 2 is 1.48 bits per heavy atom. The predicted molar refractivity (Wildman–Crippen MR) is 164 cm³/mol. The number of aromatic amines is 1. The van der Waals surface area contributed by atoms with E-state index in [1.54, 1.807) is 4.90 Å². The first-order chi connectivity index (χ1) is 20.5. The summed E-state index contributed by atoms with van der Waals surface area (Å²) < 4.78 is 1.82. The van der Waals surface area contributed by atoms with Gasteiger partial charge in [-0.3, -0.25) is 9.36 Å². The number of H-pyrrole nitrogens is 1. The van der Waals surface area contributed by atoms with Crippen molar-refractivity contribution < 1.29 is 9.59 Å². The van der Waals surface area contributed by atoms with Crippen LogP contribution in [0.1, 0.15) is 56.6 Å². The zero-order chi connectivity index (χ0) is 29.1. The van der Waals surface area contributed by atoms with Gasteiger partial charge in [0.1, 0.15) is 6.04 Å². The largest absolute Gasteiger partial charge is 0.399 e. The molecule has 10 heteroatoms. The number of amides is 3. The molecule has 1 atom stereocenters. The maximum Gasteiger partial charge on any atom is 0.326 e. The number of para-hydroxylation sites is 2. The number of anilines is 1. The number of nitrogens with zero attached hydrogens (tertiary/aromatic N) is 4. The zero-order valence-electron chi connectivity index (χ0n) is 24.3. The lowest BCUT2D eigenvalue weighted by Gasteiger charge is -2.41. The van der Waals surface area contributed by atoms with Crippen molar-refractivity contribution in [2.75, 3.05) is 45.0 Å². The third-order valence-corrected chi connectivity index (χ3v) is 9.44. The lowest BCUT2D eigenvalue weighted by molar-refractivity contribution is -0.134. The fraction of sp³-hybridized carbons (Fsp3) is 0.531. The molecule has 0 unspecified atom stereocenters. The summed E-state index contributed by atoms with van der Waals surface area (Å²) in [5.41, 5.74) is 9.13. The average Bonchev–Trinajstić information content (AvgIpc) is 3.37. The summed E-state index contributed by atoms with van der Waals surface area (Å²) in [4.78, 5) is 49.3. The summed E-state index contributed by atoms with van der Waals surface area (Å²) in [6, 6.07) is 14.9. The number of nitrogens with one attached hydrogen (secondary N) is 2. The molecule has 0 saturated carbocycles. The smallest absolute Gasteiger partial charge is 0.326 e. The molecule has 4 N–H and O–H groups in total. The normalized spacial score (nSPS) is 20.1. The number of benzene rings is 2. The Morgan fingerprint density at radius 1 is 0.833 bits per heavy atom. The zero-order valence-corrected chi connectivity index (χ0v) is 24.3. The second-order valence-corrected chi connectivity index (χ2v) is 12.1. The number of likely N-dealkylation sites (tertiary alicyclic amines) is 3. The van der Waals surface area contributed by atoms with Gasteiger partial charge in [-0.25, -0.2) is 9.59 Å². The monoisotopic (exact) mass is 573 g/mol. The number of nitrogen functional groups attached to an aromatic ring is 1. The number of urea groups is 1. The third-order valence-electron chi connectivity index (χ3n) is 9.44. The average molecular weight is 574 g/mol. The molecular weight excluding hydrogens is 530 g/mol. The topological polar surface area (TPSA) is 120 Å². The molecule has 3 aliphatic rings. The van der Waals surface area contributed by atoms with Crippen molar-refractivity contribution in [1.29, 1.82) is 0 Å². The van der Waals surface area contributed by atoms with Crippen molar-refractivity contribution in [3.63, 3.8) is 0 Å². The number of carbonyl (C=O) groups is 2. The minimum Gasteiger partial charge on any atom is -0.399 e. The summed E-state index contributed by atoms with van der Waals surface area (Å²) in [6.07, 6.45) is 7.59. The third kappa shape index (κ3) is 6.18. The van der Waals surface area contributed by atoms with Crippen LogP contribution in [0.3, 0.4) is 0 Å². The fourth-order valence-corrected chi connectivity index (χ4v) is 7.05. The van der Waals surface area contributed by atoms with Crippen molar-refractivity contribution in [3.05, 3.63) is 64.6 Å². The van der Waals surface area contributed by atoms with Crippen molar-refractivity contribution in [3.8, 4) is 0 Å². The van der Waals surface area contributed by atoms with Gasteiger partial charge in [0.05, 0.1) is 11.0 Å². The van der Waals surface area contributed by atoms with E-state index in [2.05, 4.69) is 15.2 Å². The van der Waals surface area contributed by atoms with E-state index < -0.39 is 6.04 Å². The van der Waals surface area contributed by atoms with Crippen molar-refractivity contribution in [2.45, 2.75) is 69.5 Å². The summed E-state index contributed by atoms with van der Waals surface area (Å²) in [7, 11) is 0. The molecule has 3 saturated heterocycles. The highest BCUT2D eigenvalue weighted by atomic mass is 16.2. The highest BCUT2D eigenvalue weighted by Crippen LogP contribution is 2.26. The van der Waals surface area contributed by atoms with Crippen LogP contribution in [0.4, 0.5) is 10.5 Å². The van der Waals surface area contributed by atoms with E-state index in [1.807, 2.05) is 58.0 Å². The number of piperidine rings is 3. The number of hydrogen-bond acceptors (Lipinski definition) is 5. The predicted octanol–water partition coefficient (Wildman–Crippen LogP) is 3.35. The van der Waals surface area contributed by atoms with Gasteiger partial charge in [0.25, 0.3) is 0 Å². The number of hydrogen-bond donors (Lipinski definition) is 3. The van der Waals surface area contributed by atoms with E-state index in [1.165, 1.54) is 32.4 Å². The van der Waals surface area contributed by atoms with Crippen LogP contribution in [0, 0.1) is 0 Å². The molecule has 6 rings (SSSR count). The van der Waals surface area contributed by atoms with Gasteiger partial charge in [-0.2, -0.15) is 0 Å². The second-order valence-electron chi connectivity index (χ2n) is 12.1. The van der Waals surface area contributed by atoms with Gasteiger partial charge < -0.3 is 30.7 Å². The van der Waals surface area contributed by atoms with Gasteiger partial charge >= 0.3 is 11.7 Å². The minimum atomic E-state index is -0.651. The summed E-state index contributed by atoms with van der Waals surface area (Å²) >= 11 is 0. The van der Waals surface area contributed by atoms with Crippen LogP contribution in [0.15, 0.2) is 53.3 Å². The van der Waals surface area contributed by atoms with Gasteiger partial charge in [0.2, 0.25) is 5.91 Å². The Kier molecular flexibility index (Phi) is 8.51. The van der Waals surface area contributed by atoms with Crippen LogP contribution in [0.25, 0.3) is 11.0 Å². The van der Waals surface area contributed by atoms with E-state index >= 15 is 0 Å². The molecule has 3 amide bonds. The quantitative estimate of drug-likeness (QED) is 0.391. The first-order valence-corrected chi connectivity index (χ1v) is 15.6. The summed E-state index contributed by atoms with van der Waals surface area (Å²) in [5, 5.41) is 3.09. The maximum absolute atomic E-state index is 13.9. The molecule has 3 fully saturated rings. The van der Waals surface area contributed by atoms with Gasteiger partial charge in [-0.15, -0.1) is 0 Å². The van der Waals surface area contributed by atoms with Crippen LogP contribution in [0.2, 0.25) is 0 Å². The van der Waals surface area contributed by atoms with Gasteiger partial charge in [-0.1, -0.05) is 30.7 Å². The Labute approximate surface area is 246 Å². The molecule has 10 nitrogen and oxygen atoms in total. The van der Waals surface area contributed by atoms with Crippen LogP contribution >= 0.6 is 0 Å². The standard InChI is InChI=1S/C32H43N7O3/c33-24-10-8-23(9-11-24)22-28(30(40)37-18-12-25(13-19-37)36-16-4-1-5-17-36)35-31(41)38-20-14-26(15-21-38)39-29-7-3-2-6-27(29)34-32(39)42/h2-3,6-11,25-26,28H,1,4-5,12-22,33H2,(H,34,42)(H,35,41)/t28-/m1/s1. The molecule has 3 aliphatic heterocycles. The Morgan fingerprint density at radius 3 is 2.19 bits per heavy atom. The van der Waals surface area contributed by atoms with Gasteiger partial charge in [-0.05, 0) is 81.4 Å². The molecule has 0 radical (unpaired) electrons. The minimum absolute atomic E-state index is 0.0162. The molecular formula is C32H43N7O3. The molecule has 0 aliphatic carbocycles. The number of nitrogens with two attached hydrogens (primary N) is 1. The molecule has 0 spiro atoms. The Hall–Kier alpha value is -3.79. The first kappa shape index (κ1) is 28.3. The van der Waals surface area contributed by atoms with Gasteiger partial charge in [0, 0.05) is 50.4 Å². The number of fused-ring (bicyclic) bond motifs is 1. The van der Waals surface area contributed by atoms with E-state index in [9.17, 15) is 14.4 Å².